The predicted molar refractivity (Wildman–Crippen MR) is 80.7 cm³/mol. The number of nitro benzene ring substituents is 1. The minimum absolute atomic E-state index is 0.0967. The third kappa shape index (κ3) is 3.90. The van der Waals surface area contributed by atoms with Crippen molar-refractivity contribution in [3.8, 4) is 0 Å². The summed E-state index contributed by atoms with van der Waals surface area (Å²) in [5.41, 5.74) is -0.0644. The molecule has 0 amide bonds. The molecule has 2 aromatic rings. The molecular formula is C11H10ClN3O4S2. The number of sulfone groups is 1. The standard InChI is InChI=1S/C11H10ClN3O4S2/c1-21(18,19)8-2-3-9(10(4-8)15(16)17)13-5-7-6-14-11(12)20-7/h2-4,6,13H,5H2,1H3. The average molecular weight is 348 g/mol. The molecule has 7 nitrogen and oxygen atoms in total. The van der Waals surface area contributed by atoms with Crippen LogP contribution in [0.5, 0.6) is 0 Å². The van der Waals surface area contributed by atoms with Crippen LogP contribution >= 0.6 is 22.9 Å². The van der Waals surface area contributed by atoms with Gasteiger partial charge in [0.1, 0.15) is 5.69 Å². The van der Waals surface area contributed by atoms with Crippen molar-refractivity contribution >= 4 is 44.1 Å². The summed E-state index contributed by atoms with van der Waals surface area (Å²) >= 11 is 6.95. The number of anilines is 1. The zero-order chi connectivity index (χ0) is 15.6. The summed E-state index contributed by atoms with van der Waals surface area (Å²) in [7, 11) is -3.50. The van der Waals surface area contributed by atoms with Gasteiger partial charge in [0.05, 0.1) is 16.4 Å². The number of rotatable bonds is 5. The van der Waals surface area contributed by atoms with E-state index in [1.165, 1.54) is 23.5 Å². The maximum absolute atomic E-state index is 11.4. The number of nitrogens with zero attached hydrogens (tertiary/aromatic N) is 2. The van der Waals surface area contributed by atoms with Crippen molar-refractivity contribution in [2.45, 2.75) is 11.4 Å². The smallest absolute Gasteiger partial charge is 0.293 e. The number of benzene rings is 1. The Bertz CT molecular complexity index is 789. The van der Waals surface area contributed by atoms with Crippen LogP contribution < -0.4 is 5.32 Å². The van der Waals surface area contributed by atoms with Crippen LogP contribution in [0, 0.1) is 10.1 Å². The summed E-state index contributed by atoms with van der Waals surface area (Å²) in [6, 6.07) is 3.73. The molecule has 0 unspecified atom stereocenters. The molecule has 0 bridgehead atoms. The van der Waals surface area contributed by atoms with Crippen LogP contribution in [0.3, 0.4) is 0 Å². The van der Waals surface area contributed by atoms with Gasteiger partial charge in [0.2, 0.25) is 0 Å². The third-order valence-corrected chi connectivity index (χ3v) is 4.80. The summed E-state index contributed by atoms with van der Waals surface area (Å²) < 4.78 is 23.3. The van der Waals surface area contributed by atoms with Crippen molar-refractivity contribution < 1.29 is 13.3 Å². The second-order valence-corrected chi connectivity index (χ2v) is 7.85. The van der Waals surface area contributed by atoms with E-state index in [0.717, 1.165) is 17.2 Å². The fraction of sp³-hybridized carbons (Fsp3) is 0.182. The number of halogens is 1. The Kier molecular flexibility index (Phi) is 4.45. The van der Waals surface area contributed by atoms with Gasteiger partial charge in [-0.05, 0) is 12.1 Å². The largest absolute Gasteiger partial charge is 0.375 e. The average Bonchev–Trinajstić information content (AvgIpc) is 2.80. The lowest BCUT2D eigenvalue weighted by molar-refractivity contribution is -0.384. The molecule has 10 heteroatoms. The van der Waals surface area contributed by atoms with Gasteiger partial charge in [-0.1, -0.05) is 11.6 Å². The van der Waals surface area contributed by atoms with Gasteiger partial charge in [0.15, 0.2) is 14.3 Å². The summed E-state index contributed by atoms with van der Waals surface area (Å²) in [5, 5.41) is 13.9. The SMILES string of the molecule is CS(=O)(=O)c1ccc(NCc2cnc(Cl)s2)c([N+](=O)[O-])c1. The second kappa shape index (κ2) is 5.96. The number of nitro groups is 1. The number of nitrogens with one attached hydrogen (secondary N) is 1. The zero-order valence-electron chi connectivity index (χ0n) is 10.7. The van der Waals surface area contributed by atoms with Gasteiger partial charge >= 0.3 is 0 Å². The molecule has 1 N–H and O–H groups in total. The lowest BCUT2D eigenvalue weighted by Gasteiger charge is -2.07. The number of hydrogen-bond acceptors (Lipinski definition) is 7. The highest BCUT2D eigenvalue weighted by Gasteiger charge is 2.18. The first kappa shape index (κ1) is 15.7. The molecule has 0 atom stereocenters. The molecule has 112 valence electrons. The highest BCUT2D eigenvalue weighted by Crippen LogP contribution is 2.28. The fourth-order valence-electron chi connectivity index (χ4n) is 1.59. The van der Waals surface area contributed by atoms with E-state index in [2.05, 4.69) is 10.3 Å². The summed E-state index contributed by atoms with van der Waals surface area (Å²) in [6.07, 6.45) is 2.56. The molecule has 0 spiro atoms. The summed E-state index contributed by atoms with van der Waals surface area (Å²) in [6.45, 7) is 0.309. The van der Waals surface area contributed by atoms with Gasteiger partial charge < -0.3 is 5.32 Å². The van der Waals surface area contributed by atoms with E-state index in [1.807, 2.05) is 0 Å². The van der Waals surface area contributed by atoms with Crippen LogP contribution in [-0.4, -0.2) is 24.6 Å². The van der Waals surface area contributed by atoms with E-state index in [0.29, 0.717) is 11.0 Å². The molecule has 1 aromatic heterocycles. The summed E-state index contributed by atoms with van der Waals surface area (Å²) in [4.78, 5) is 15.0. The van der Waals surface area contributed by atoms with Crippen molar-refractivity contribution in [1.82, 2.24) is 4.98 Å². The Morgan fingerprint density at radius 2 is 2.19 bits per heavy atom. The molecule has 21 heavy (non-hydrogen) atoms. The Morgan fingerprint density at radius 3 is 2.71 bits per heavy atom. The van der Waals surface area contributed by atoms with Gasteiger partial charge in [-0.2, -0.15) is 0 Å². The molecule has 0 saturated heterocycles. The van der Waals surface area contributed by atoms with E-state index < -0.39 is 14.8 Å². The van der Waals surface area contributed by atoms with Gasteiger partial charge in [0, 0.05) is 23.4 Å². The second-order valence-electron chi connectivity index (χ2n) is 4.14. The Morgan fingerprint density at radius 1 is 1.48 bits per heavy atom. The monoisotopic (exact) mass is 347 g/mol. The first-order chi connectivity index (χ1) is 9.77. The van der Waals surface area contributed by atoms with E-state index >= 15 is 0 Å². The predicted octanol–water partition coefficient (Wildman–Crippen LogP) is 2.72. The molecule has 0 fully saturated rings. The van der Waals surface area contributed by atoms with Gasteiger partial charge in [-0.3, -0.25) is 10.1 Å². The van der Waals surface area contributed by atoms with Crippen molar-refractivity contribution in [1.29, 1.82) is 0 Å². The third-order valence-electron chi connectivity index (χ3n) is 2.57. The molecule has 0 aliphatic rings. The maximum atomic E-state index is 11.4. The van der Waals surface area contributed by atoms with Crippen molar-refractivity contribution in [2.24, 2.45) is 0 Å². The molecule has 0 saturated carbocycles. The van der Waals surface area contributed by atoms with Gasteiger partial charge in [0.25, 0.3) is 5.69 Å². The lowest BCUT2D eigenvalue weighted by Crippen LogP contribution is -2.04. The minimum atomic E-state index is -3.50. The van der Waals surface area contributed by atoms with E-state index in [4.69, 9.17) is 11.6 Å². The molecule has 1 heterocycles. The van der Waals surface area contributed by atoms with Crippen LogP contribution in [0.2, 0.25) is 4.47 Å². The number of thiazole rings is 1. The fourth-order valence-corrected chi connectivity index (χ4v) is 3.15. The highest BCUT2D eigenvalue weighted by molar-refractivity contribution is 7.90. The zero-order valence-corrected chi connectivity index (χ0v) is 13.1. The molecule has 0 aliphatic carbocycles. The van der Waals surface area contributed by atoms with Crippen LogP contribution in [0.25, 0.3) is 0 Å². The highest BCUT2D eigenvalue weighted by atomic mass is 35.5. The van der Waals surface area contributed by atoms with E-state index in [1.54, 1.807) is 6.20 Å². The quantitative estimate of drug-likeness (QED) is 0.659. The van der Waals surface area contributed by atoms with Crippen molar-refractivity contribution in [3.63, 3.8) is 0 Å². The van der Waals surface area contributed by atoms with Crippen molar-refractivity contribution in [2.75, 3.05) is 11.6 Å². The van der Waals surface area contributed by atoms with Crippen molar-refractivity contribution in [3.05, 3.63) is 43.9 Å². The Hall–Kier alpha value is -1.71. The first-order valence-electron chi connectivity index (χ1n) is 5.60. The van der Waals surface area contributed by atoms with Crippen LogP contribution in [-0.2, 0) is 16.4 Å². The first-order valence-corrected chi connectivity index (χ1v) is 8.68. The summed E-state index contributed by atoms with van der Waals surface area (Å²) in [5.74, 6) is 0. The normalized spacial score (nSPS) is 11.3. The molecule has 1 aromatic carbocycles. The lowest BCUT2D eigenvalue weighted by atomic mass is 10.2. The Balaban J connectivity index is 2.28. The van der Waals surface area contributed by atoms with Crippen LogP contribution in [0.4, 0.5) is 11.4 Å². The number of hydrogen-bond donors (Lipinski definition) is 1. The van der Waals surface area contributed by atoms with Crippen LogP contribution in [0.1, 0.15) is 4.88 Å². The van der Waals surface area contributed by atoms with Crippen LogP contribution in [0.15, 0.2) is 29.3 Å². The van der Waals surface area contributed by atoms with E-state index in [9.17, 15) is 18.5 Å². The maximum Gasteiger partial charge on any atom is 0.293 e. The Labute approximate surface area is 129 Å². The number of aromatic nitrogens is 1. The van der Waals surface area contributed by atoms with E-state index in [-0.39, 0.29) is 16.3 Å². The minimum Gasteiger partial charge on any atom is -0.375 e. The molecule has 0 radical (unpaired) electrons. The molecular weight excluding hydrogens is 338 g/mol. The van der Waals surface area contributed by atoms with Gasteiger partial charge in [-0.15, -0.1) is 11.3 Å². The topological polar surface area (TPSA) is 102 Å². The molecule has 0 aliphatic heterocycles. The molecule has 2 rings (SSSR count). The van der Waals surface area contributed by atoms with Gasteiger partial charge in [-0.25, -0.2) is 13.4 Å².